The summed E-state index contributed by atoms with van der Waals surface area (Å²) in [6.45, 7) is 2.36. The van der Waals surface area contributed by atoms with E-state index in [1.807, 2.05) is 0 Å². The predicted molar refractivity (Wildman–Crippen MR) is 79.1 cm³/mol. The molecule has 0 spiro atoms. The first-order valence-electron chi connectivity index (χ1n) is 7.03. The summed E-state index contributed by atoms with van der Waals surface area (Å²) in [7, 11) is 0. The van der Waals surface area contributed by atoms with Crippen LogP contribution in [0.25, 0.3) is 10.9 Å². The van der Waals surface area contributed by atoms with Crippen LogP contribution in [0.15, 0.2) is 29.3 Å². The molecule has 0 radical (unpaired) electrons. The number of aromatic amines is 1. The number of hydrogen-bond donors (Lipinski definition) is 2. The van der Waals surface area contributed by atoms with Crippen molar-refractivity contribution in [3.8, 4) is 0 Å². The van der Waals surface area contributed by atoms with Crippen LogP contribution in [0.4, 0.5) is 5.69 Å². The lowest BCUT2D eigenvalue weighted by Gasteiger charge is -2.13. The van der Waals surface area contributed by atoms with Crippen LogP contribution in [0.1, 0.15) is 19.8 Å². The third-order valence-corrected chi connectivity index (χ3v) is 3.56. The third-order valence-electron chi connectivity index (χ3n) is 3.56. The van der Waals surface area contributed by atoms with Crippen LogP contribution >= 0.6 is 0 Å². The highest BCUT2D eigenvalue weighted by molar-refractivity contribution is 5.95. The molecule has 6 heteroatoms. The molecular formula is C15H17N3O3. The van der Waals surface area contributed by atoms with Crippen molar-refractivity contribution in [3.63, 3.8) is 0 Å². The molecule has 1 aliphatic carbocycles. The van der Waals surface area contributed by atoms with Crippen LogP contribution in [-0.4, -0.2) is 28.6 Å². The van der Waals surface area contributed by atoms with Crippen LogP contribution in [-0.2, 0) is 9.53 Å². The van der Waals surface area contributed by atoms with Crippen LogP contribution in [0.5, 0.6) is 0 Å². The Labute approximate surface area is 121 Å². The van der Waals surface area contributed by atoms with E-state index < -0.39 is 6.10 Å². The number of nitrogens with zero attached hydrogens (tertiary/aromatic N) is 1. The van der Waals surface area contributed by atoms with Crippen molar-refractivity contribution in [1.82, 2.24) is 9.97 Å². The molecule has 1 aliphatic rings. The van der Waals surface area contributed by atoms with Gasteiger partial charge in [0.15, 0.2) is 0 Å². The minimum absolute atomic E-state index is 0.213. The highest BCUT2D eigenvalue weighted by atomic mass is 16.5. The SMILES string of the molecule is CC(OCC1CC1)C(=O)Nc1ccc2nc[nH]c(=O)c2c1. The fourth-order valence-corrected chi connectivity index (χ4v) is 2.03. The molecule has 1 unspecified atom stereocenters. The number of aromatic nitrogens is 2. The van der Waals surface area contributed by atoms with Gasteiger partial charge in [0.25, 0.3) is 11.5 Å². The summed E-state index contributed by atoms with van der Waals surface area (Å²) in [5.41, 5.74) is 0.928. The van der Waals surface area contributed by atoms with Gasteiger partial charge in [0.1, 0.15) is 6.10 Å². The molecule has 21 heavy (non-hydrogen) atoms. The van der Waals surface area contributed by atoms with E-state index in [9.17, 15) is 9.59 Å². The van der Waals surface area contributed by atoms with Crippen molar-refractivity contribution in [3.05, 3.63) is 34.9 Å². The van der Waals surface area contributed by atoms with Gasteiger partial charge in [-0.05, 0) is 43.9 Å². The zero-order valence-corrected chi connectivity index (χ0v) is 11.8. The number of amides is 1. The second kappa shape index (κ2) is 5.65. The van der Waals surface area contributed by atoms with Gasteiger partial charge in [-0.2, -0.15) is 0 Å². The van der Waals surface area contributed by atoms with Gasteiger partial charge in [0, 0.05) is 5.69 Å². The van der Waals surface area contributed by atoms with E-state index >= 15 is 0 Å². The quantitative estimate of drug-likeness (QED) is 0.876. The second-order valence-electron chi connectivity index (χ2n) is 5.37. The average Bonchev–Trinajstić information content (AvgIpc) is 3.30. The summed E-state index contributed by atoms with van der Waals surface area (Å²) >= 11 is 0. The number of carbonyl (C=O) groups is 1. The van der Waals surface area contributed by atoms with Crippen molar-refractivity contribution in [2.45, 2.75) is 25.9 Å². The van der Waals surface area contributed by atoms with Crippen molar-refractivity contribution in [2.24, 2.45) is 5.92 Å². The zero-order chi connectivity index (χ0) is 14.8. The van der Waals surface area contributed by atoms with Gasteiger partial charge in [-0.3, -0.25) is 9.59 Å². The van der Waals surface area contributed by atoms with E-state index in [4.69, 9.17) is 4.74 Å². The van der Waals surface area contributed by atoms with Gasteiger partial charge >= 0.3 is 0 Å². The topological polar surface area (TPSA) is 84.1 Å². The van der Waals surface area contributed by atoms with E-state index in [0.717, 1.165) is 0 Å². The highest BCUT2D eigenvalue weighted by Crippen LogP contribution is 2.29. The summed E-state index contributed by atoms with van der Waals surface area (Å²) < 4.78 is 5.52. The molecule has 1 fully saturated rings. The molecule has 0 bridgehead atoms. The zero-order valence-electron chi connectivity index (χ0n) is 11.8. The number of fused-ring (bicyclic) bond motifs is 1. The molecule has 110 valence electrons. The number of rotatable bonds is 5. The van der Waals surface area contributed by atoms with E-state index in [0.29, 0.717) is 29.1 Å². The molecule has 1 heterocycles. The lowest BCUT2D eigenvalue weighted by molar-refractivity contribution is -0.126. The number of nitrogens with one attached hydrogen (secondary N) is 2. The standard InChI is InChI=1S/C15H17N3O3/c1-9(21-7-10-2-3-10)14(19)18-11-4-5-13-12(6-11)15(20)17-8-16-13/h4-6,8-10H,2-3,7H2,1H3,(H,18,19)(H,16,17,20). The maximum atomic E-state index is 12.0. The summed E-state index contributed by atoms with van der Waals surface area (Å²) in [5.74, 6) is 0.404. The second-order valence-corrected chi connectivity index (χ2v) is 5.37. The molecular weight excluding hydrogens is 270 g/mol. The first kappa shape index (κ1) is 13.8. The van der Waals surface area contributed by atoms with Crippen molar-refractivity contribution >= 4 is 22.5 Å². The first-order chi connectivity index (χ1) is 10.1. The Balaban J connectivity index is 1.70. The van der Waals surface area contributed by atoms with Crippen molar-refractivity contribution < 1.29 is 9.53 Å². The molecule has 1 amide bonds. The largest absolute Gasteiger partial charge is 0.368 e. The summed E-state index contributed by atoms with van der Waals surface area (Å²) in [5, 5.41) is 3.21. The Kier molecular flexibility index (Phi) is 3.70. The Morgan fingerprint density at radius 3 is 3.10 bits per heavy atom. The summed E-state index contributed by atoms with van der Waals surface area (Å²) in [6, 6.07) is 5.04. The monoisotopic (exact) mass is 287 g/mol. The van der Waals surface area contributed by atoms with E-state index in [1.54, 1.807) is 25.1 Å². The molecule has 2 aromatic rings. The minimum atomic E-state index is -0.506. The van der Waals surface area contributed by atoms with Gasteiger partial charge in [0.2, 0.25) is 0 Å². The van der Waals surface area contributed by atoms with Gasteiger partial charge in [0.05, 0.1) is 23.8 Å². The molecule has 6 nitrogen and oxygen atoms in total. The van der Waals surface area contributed by atoms with Crippen LogP contribution in [0, 0.1) is 5.92 Å². The Bertz CT molecular complexity index is 721. The van der Waals surface area contributed by atoms with Gasteiger partial charge in [-0.15, -0.1) is 0 Å². The Hall–Kier alpha value is -2.21. The number of H-pyrrole nitrogens is 1. The smallest absolute Gasteiger partial charge is 0.258 e. The molecule has 2 N–H and O–H groups in total. The minimum Gasteiger partial charge on any atom is -0.368 e. The number of benzene rings is 1. The number of hydrogen-bond acceptors (Lipinski definition) is 4. The Morgan fingerprint density at radius 2 is 2.33 bits per heavy atom. The first-order valence-corrected chi connectivity index (χ1v) is 7.03. The maximum Gasteiger partial charge on any atom is 0.258 e. The molecule has 1 aromatic heterocycles. The predicted octanol–water partition coefficient (Wildman–Crippen LogP) is 1.68. The molecule has 3 rings (SSSR count). The molecule has 0 saturated heterocycles. The van der Waals surface area contributed by atoms with Crippen LogP contribution < -0.4 is 10.9 Å². The number of carbonyl (C=O) groups excluding carboxylic acids is 1. The molecule has 1 atom stereocenters. The normalized spacial score (nSPS) is 15.9. The Morgan fingerprint density at radius 1 is 1.52 bits per heavy atom. The lowest BCUT2D eigenvalue weighted by Crippen LogP contribution is -2.28. The van der Waals surface area contributed by atoms with Gasteiger partial charge < -0.3 is 15.0 Å². The van der Waals surface area contributed by atoms with E-state index in [-0.39, 0.29) is 11.5 Å². The number of ether oxygens (including phenoxy) is 1. The fourth-order valence-electron chi connectivity index (χ4n) is 2.03. The lowest BCUT2D eigenvalue weighted by atomic mass is 10.2. The molecule has 0 aliphatic heterocycles. The van der Waals surface area contributed by atoms with E-state index in [2.05, 4.69) is 15.3 Å². The fraction of sp³-hybridized carbons (Fsp3) is 0.400. The van der Waals surface area contributed by atoms with Crippen molar-refractivity contribution in [1.29, 1.82) is 0 Å². The molecule has 1 saturated carbocycles. The summed E-state index contributed by atoms with van der Waals surface area (Å²) in [4.78, 5) is 30.3. The average molecular weight is 287 g/mol. The van der Waals surface area contributed by atoms with Crippen LogP contribution in [0.3, 0.4) is 0 Å². The highest BCUT2D eigenvalue weighted by Gasteiger charge is 2.24. The number of anilines is 1. The maximum absolute atomic E-state index is 12.0. The summed E-state index contributed by atoms with van der Waals surface area (Å²) in [6.07, 6.45) is 3.23. The van der Waals surface area contributed by atoms with Crippen molar-refractivity contribution in [2.75, 3.05) is 11.9 Å². The van der Waals surface area contributed by atoms with Gasteiger partial charge in [-0.25, -0.2) is 4.98 Å². The third kappa shape index (κ3) is 3.28. The van der Waals surface area contributed by atoms with E-state index in [1.165, 1.54) is 19.2 Å². The molecule has 1 aromatic carbocycles. The van der Waals surface area contributed by atoms with Crippen LogP contribution in [0.2, 0.25) is 0 Å². The van der Waals surface area contributed by atoms with Gasteiger partial charge in [-0.1, -0.05) is 0 Å².